The van der Waals surface area contributed by atoms with Gasteiger partial charge >= 0.3 is 0 Å². The van der Waals surface area contributed by atoms with Crippen molar-refractivity contribution >= 4 is 30.1 Å². The van der Waals surface area contributed by atoms with Crippen LogP contribution < -0.4 is 5.73 Å². The fourth-order valence-electron chi connectivity index (χ4n) is 2.18. The molecule has 0 radical (unpaired) electrons. The van der Waals surface area contributed by atoms with Crippen molar-refractivity contribution in [2.45, 2.75) is 50.8 Å². The van der Waals surface area contributed by atoms with Crippen LogP contribution in [-0.2, 0) is 4.79 Å². The zero-order chi connectivity index (χ0) is 12.4. The molecule has 2 N–H and O–H groups in total. The summed E-state index contributed by atoms with van der Waals surface area (Å²) < 4.78 is 0.163. The van der Waals surface area contributed by atoms with Crippen LogP contribution in [0.5, 0.6) is 0 Å². The Balaban J connectivity index is 0.00000256. The smallest absolute Gasteiger partial charge is 0.242 e. The zero-order valence-electron chi connectivity index (χ0n) is 11.3. The molecule has 1 heterocycles. The van der Waals surface area contributed by atoms with E-state index in [0.717, 1.165) is 31.7 Å². The summed E-state index contributed by atoms with van der Waals surface area (Å²) in [4.78, 5) is 14.2. The molecule has 1 rings (SSSR count). The summed E-state index contributed by atoms with van der Waals surface area (Å²) >= 11 is 1.93. The summed E-state index contributed by atoms with van der Waals surface area (Å²) in [5.41, 5.74) is 5.40. The van der Waals surface area contributed by atoms with Gasteiger partial charge in [-0.15, -0.1) is 12.4 Å². The molecule has 0 spiro atoms. The van der Waals surface area contributed by atoms with Crippen LogP contribution in [-0.4, -0.2) is 39.9 Å². The quantitative estimate of drug-likeness (QED) is 0.863. The minimum Gasteiger partial charge on any atom is -0.339 e. The number of hydrogen-bond acceptors (Lipinski definition) is 3. The molecule has 1 amide bonds. The van der Waals surface area contributed by atoms with Gasteiger partial charge in [-0.05, 0) is 27.2 Å². The molecular weight excluding hydrogens is 256 g/mol. The molecule has 17 heavy (non-hydrogen) atoms. The molecule has 1 unspecified atom stereocenters. The maximum absolute atomic E-state index is 12.3. The molecule has 3 nitrogen and oxygen atoms in total. The van der Waals surface area contributed by atoms with Crippen molar-refractivity contribution in [3.8, 4) is 0 Å². The molecule has 0 aromatic rings. The molecule has 1 fully saturated rings. The highest BCUT2D eigenvalue weighted by molar-refractivity contribution is 8.00. The summed E-state index contributed by atoms with van der Waals surface area (Å²) in [7, 11) is 0. The van der Waals surface area contributed by atoms with Gasteiger partial charge in [-0.2, -0.15) is 11.8 Å². The van der Waals surface area contributed by atoms with Crippen LogP contribution in [0.15, 0.2) is 0 Å². The Labute approximate surface area is 115 Å². The number of nitrogens with zero attached hydrogens (tertiary/aromatic N) is 1. The zero-order valence-corrected chi connectivity index (χ0v) is 12.9. The number of hydrogen-bond donors (Lipinski definition) is 1. The average Bonchev–Trinajstić information content (AvgIpc) is 2.15. The molecule has 1 saturated heterocycles. The Kier molecular flexibility index (Phi) is 6.33. The highest BCUT2D eigenvalue weighted by Crippen LogP contribution is 2.30. The number of thioether (sulfide) groups is 1. The largest absolute Gasteiger partial charge is 0.339 e. The lowest BCUT2D eigenvalue weighted by atomic mass is 9.95. The third-order valence-electron chi connectivity index (χ3n) is 2.97. The van der Waals surface area contributed by atoms with Gasteiger partial charge < -0.3 is 10.6 Å². The first kappa shape index (κ1) is 17.1. The summed E-state index contributed by atoms with van der Waals surface area (Å²) in [5, 5.41) is 0. The molecule has 5 heteroatoms. The minimum atomic E-state index is -0.688. The van der Waals surface area contributed by atoms with Gasteiger partial charge in [0.05, 0.1) is 5.54 Å². The van der Waals surface area contributed by atoms with Crippen molar-refractivity contribution < 1.29 is 4.79 Å². The summed E-state index contributed by atoms with van der Waals surface area (Å²) in [5.74, 6) is 1.13. The Morgan fingerprint density at radius 1 is 1.53 bits per heavy atom. The topological polar surface area (TPSA) is 46.3 Å². The first-order valence-corrected chi connectivity index (χ1v) is 6.99. The van der Waals surface area contributed by atoms with E-state index in [0.29, 0.717) is 0 Å². The second-order valence-corrected chi connectivity index (χ2v) is 7.30. The second kappa shape index (κ2) is 6.30. The maximum Gasteiger partial charge on any atom is 0.242 e. The summed E-state index contributed by atoms with van der Waals surface area (Å²) in [6, 6.07) is 0. The van der Waals surface area contributed by atoms with E-state index in [1.165, 1.54) is 0 Å². The first-order chi connectivity index (χ1) is 7.28. The van der Waals surface area contributed by atoms with Crippen molar-refractivity contribution in [1.82, 2.24) is 4.90 Å². The van der Waals surface area contributed by atoms with Crippen LogP contribution in [0, 0.1) is 0 Å². The van der Waals surface area contributed by atoms with Gasteiger partial charge in [0.15, 0.2) is 0 Å². The van der Waals surface area contributed by atoms with Crippen molar-refractivity contribution in [2.75, 3.05) is 18.8 Å². The number of carbonyl (C=O) groups excluding carboxylic acids is 1. The number of carbonyl (C=O) groups is 1. The molecule has 1 aliphatic rings. The molecule has 1 aliphatic heterocycles. The Morgan fingerprint density at radius 2 is 2.12 bits per heavy atom. The SMILES string of the molecule is CCCC(C)(N)C(=O)N1CCSC(C)(C)C1.Cl. The monoisotopic (exact) mass is 280 g/mol. The molecule has 102 valence electrons. The van der Waals surface area contributed by atoms with E-state index in [1.54, 1.807) is 0 Å². The Morgan fingerprint density at radius 3 is 2.59 bits per heavy atom. The van der Waals surface area contributed by atoms with E-state index in [1.807, 2.05) is 23.6 Å². The van der Waals surface area contributed by atoms with Gasteiger partial charge in [-0.3, -0.25) is 4.79 Å². The lowest BCUT2D eigenvalue weighted by molar-refractivity contribution is -0.137. The van der Waals surface area contributed by atoms with Crippen molar-refractivity contribution in [2.24, 2.45) is 5.73 Å². The molecule has 1 atom stereocenters. The lowest BCUT2D eigenvalue weighted by Gasteiger charge is -2.40. The van der Waals surface area contributed by atoms with Gasteiger partial charge in [0.2, 0.25) is 5.91 Å². The lowest BCUT2D eigenvalue weighted by Crippen LogP contribution is -2.57. The number of halogens is 1. The van der Waals surface area contributed by atoms with Gasteiger partial charge in [-0.1, -0.05) is 13.3 Å². The fraction of sp³-hybridized carbons (Fsp3) is 0.917. The van der Waals surface area contributed by atoms with E-state index in [-0.39, 0.29) is 23.1 Å². The van der Waals surface area contributed by atoms with E-state index >= 15 is 0 Å². The van der Waals surface area contributed by atoms with Gasteiger partial charge in [-0.25, -0.2) is 0 Å². The third-order valence-corrected chi connectivity index (χ3v) is 4.27. The highest BCUT2D eigenvalue weighted by atomic mass is 35.5. The van der Waals surface area contributed by atoms with E-state index < -0.39 is 5.54 Å². The van der Waals surface area contributed by atoms with Crippen LogP contribution in [0.2, 0.25) is 0 Å². The molecule has 0 aromatic heterocycles. The molecular formula is C12H25ClN2OS. The van der Waals surface area contributed by atoms with Crippen molar-refractivity contribution in [1.29, 1.82) is 0 Å². The second-order valence-electron chi connectivity index (χ2n) is 5.50. The van der Waals surface area contributed by atoms with Gasteiger partial charge in [0.1, 0.15) is 0 Å². The Hall–Kier alpha value is 0.0700. The van der Waals surface area contributed by atoms with Gasteiger partial charge in [0, 0.05) is 23.6 Å². The van der Waals surface area contributed by atoms with Crippen LogP contribution in [0.25, 0.3) is 0 Å². The van der Waals surface area contributed by atoms with Crippen molar-refractivity contribution in [3.05, 3.63) is 0 Å². The normalized spacial score (nSPS) is 22.5. The third kappa shape index (κ3) is 4.68. The van der Waals surface area contributed by atoms with Gasteiger partial charge in [0.25, 0.3) is 0 Å². The van der Waals surface area contributed by atoms with E-state index in [4.69, 9.17) is 5.73 Å². The van der Waals surface area contributed by atoms with Crippen LogP contribution >= 0.6 is 24.2 Å². The van der Waals surface area contributed by atoms with Crippen LogP contribution in [0.1, 0.15) is 40.5 Å². The van der Waals surface area contributed by atoms with Crippen LogP contribution in [0.4, 0.5) is 0 Å². The minimum absolute atomic E-state index is 0. The molecule has 0 aliphatic carbocycles. The fourth-order valence-corrected chi connectivity index (χ4v) is 3.29. The van der Waals surface area contributed by atoms with E-state index in [9.17, 15) is 4.79 Å². The Bertz CT molecular complexity index is 269. The number of rotatable bonds is 3. The van der Waals surface area contributed by atoms with E-state index in [2.05, 4.69) is 20.8 Å². The standard InChI is InChI=1S/C12H24N2OS.ClH/c1-5-6-12(4,13)10(15)14-7-8-16-11(2,3)9-14;/h5-9,13H2,1-4H3;1H. The maximum atomic E-state index is 12.3. The number of nitrogens with two attached hydrogens (primary N) is 1. The average molecular weight is 281 g/mol. The molecule has 0 saturated carbocycles. The van der Waals surface area contributed by atoms with Crippen molar-refractivity contribution in [3.63, 3.8) is 0 Å². The van der Waals surface area contributed by atoms with Crippen LogP contribution in [0.3, 0.4) is 0 Å². The predicted molar refractivity (Wildman–Crippen MR) is 77.9 cm³/mol. The summed E-state index contributed by atoms with van der Waals surface area (Å²) in [6.07, 6.45) is 1.71. The molecule has 0 aromatic carbocycles. The highest BCUT2D eigenvalue weighted by Gasteiger charge is 2.36. The summed E-state index contributed by atoms with van der Waals surface area (Å²) in [6.45, 7) is 9.94. The molecule has 0 bridgehead atoms. The first-order valence-electron chi connectivity index (χ1n) is 6.01. The number of amides is 1. The predicted octanol–water partition coefficient (Wildman–Crippen LogP) is 2.28.